The summed E-state index contributed by atoms with van der Waals surface area (Å²) in [6, 6.07) is 0. The van der Waals surface area contributed by atoms with Crippen LogP contribution in [0.4, 0.5) is 0 Å². The van der Waals surface area contributed by atoms with Crippen LogP contribution in [0.2, 0.25) is 0 Å². The van der Waals surface area contributed by atoms with Crippen molar-refractivity contribution >= 4 is 17.6 Å². The first-order chi connectivity index (χ1) is 4.22. The summed E-state index contributed by atoms with van der Waals surface area (Å²) in [4.78, 5) is 10.5. The highest BCUT2D eigenvalue weighted by atomic mass is 35.5. The Balaban J connectivity index is 3.45. The summed E-state index contributed by atoms with van der Waals surface area (Å²) in [6.45, 7) is 1.97. The van der Waals surface area contributed by atoms with Crippen LogP contribution in [-0.2, 0) is 9.53 Å². The van der Waals surface area contributed by atoms with E-state index in [1.54, 1.807) is 0 Å². The van der Waals surface area contributed by atoms with Crippen molar-refractivity contribution in [3.8, 4) is 0 Å². The molecule has 0 aliphatic rings. The quantitative estimate of drug-likeness (QED) is 0.451. The van der Waals surface area contributed by atoms with Crippen LogP contribution in [0.25, 0.3) is 0 Å². The molecular formula is C6H11ClO2. The molecule has 0 aromatic heterocycles. The van der Waals surface area contributed by atoms with Gasteiger partial charge in [-0.3, -0.25) is 4.79 Å². The van der Waals surface area contributed by atoms with Crippen molar-refractivity contribution < 1.29 is 9.53 Å². The molecule has 0 radical (unpaired) electrons. The van der Waals surface area contributed by atoms with Gasteiger partial charge in [0.1, 0.15) is 5.38 Å². The summed E-state index contributed by atoms with van der Waals surface area (Å²) in [7, 11) is 1.34. The van der Waals surface area contributed by atoms with Crippen molar-refractivity contribution in [1.82, 2.24) is 0 Å². The van der Waals surface area contributed by atoms with Crippen LogP contribution in [0.1, 0.15) is 19.8 Å². The number of hydrogen-bond donors (Lipinski definition) is 0. The molecule has 0 N–H and O–H groups in total. The van der Waals surface area contributed by atoms with Gasteiger partial charge in [0.15, 0.2) is 0 Å². The molecule has 0 fully saturated rings. The maximum atomic E-state index is 10.5. The Morgan fingerprint density at radius 2 is 2.33 bits per heavy atom. The molecule has 3 heteroatoms. The van der Waals surface area contributed by atoms with E-state index in [9.17, 15) is 4.79 Å². The van der Waals surface area contributed by atoms with Gasteiger partial charge in [0, 0.05) is 0 Å². The van der Waals surface area contributed by atoms with Crippen LogP contribution in [0.5, 0.6) is 0 Å². The van der Waals surface area contributed by atoms with Gasteiger partial charge in [-0.2, -0.15) is 0 Å². The minimum Gasteiger partial charge on any atom is -0.468 e. The Hall–Kier alpha value is -0.240. The number of ether oxygens (including phenoxy) is 1. The lowest BCUT2D eigenvalue weighted by atomic mass is 10.2. The smallest absolute Gasteiger partial charge is 0.323 e. The van der Waals surface area contributed by atoms with E-state index < -0.39 is 5.38 Å². The highest BCUT2D eigenvalue weighted by molar-refractivity contribution is 6.29. The molecule has 0 spiro atoms. The van der Waals surface area contributed by atoms with Gasteiger partial charge < -0.3 is 4.74 Å². The normalized spacial score (nSPS) is 12.8. The number of halogens is 1. The van der Waals surface area contributed by atoms with E-state index in [4.69, 9.17) is 11.6 Å². The van der Waals surface area contributed by atoms with E-state index >= 15 is 0 Å². The van der Waals surface area contributed by atoms with Gasteiger partial charge in [-0.15, -0.1) is 11.6 Å². The molecule has 0 saturated heterocycles. The Labute approximate surface area is 60.1 Å². The van der Waals surface area contributed by atoms with Crippen LogP contribution < -0.4 is 0 Å². The first-order valence-corrected chi connectivity index (χ1v) is 3.38. The van der Waals surface area contributed by atoms with Crippen molar-refractivity contribution in [2.24, 2.45) is 0 Å². The van der Waals surface area contributed by atoms with Crippen LogP contribution in [0.15, 0.2) is 0 Å². The molecule has 0 aromatic rings. The van der Waals surface area contributed by atoms with E-state index in [1.165, 1.54) is 7.11 Å². The van der Waals surface area contributed by atoms with Crippen molar-refractivity contribution in [1.29, 1.82) is 0 Å². The molecule has 54 valence electrons. The molecule has 0 aliphatic carbocycles. The van der Waals surface area contributed by atoms with Gasteiger partial charge >= 0.3 is 5.97 Å². The molecular weight excluding hydrogens is 140 g/mol. The zero-order chi connectivity index (χ0) is 7.28. The predicted molar refractivity (Wildman–Crippen MR) is 36.6 cm³/mol. The molecule has 0 amide bonds. The highest BCUT2D eigenvalue weighted by Crippen LogP contribution is 2.05. The molecule has 0 saturated carbocycles. The number of alkyl halides is 1. The molecule has 1 atom stereocenters. The fourth-order valence-corrected chi connectivity index (χ4v) is 0.806. The minimum absolute atomic E-state index is 0.335. The molecule has 0 aromatic carbocycles. The lowest BCUT2D eigenvalue weighted by Gasteiger charge is -2.02. The van der Waals surface area contributed by atoms with Gasteiger partial charge in [-0.25, -0.2) is 0 Å². The van der Waals surface area contributed by atoms with Crippen molar-refractivity contribution in [3.63, 3.8) is 0 Å². The van der Waals surface area contributed by atoms with Crippen LogP contribution in [0.3, 0.4) is 0 Å². The Morgan fingerprint density at radius 1 is 1.78 bits per heavy atom. The van der Waals surface area contributed by atoms with E-state index in [0.29, 0.717) is 6.42 Å². The fraction of sp³-hybridized carbons (Fsp3) is 0.833. The fourth-order valence-electron chi connectivity index (χ4n) is 0.499. The van der Waals surface area contributed by atoms with Crippen molar-refractivity contribution in [2.75, 3.05) is 7.11 Å². The Morgan fingerprint density at radius 3 is 2.67 bits per heavy atom. The Kier molecular flexibility index (Phi) is 4.50. The molecule has 2 nitrogen and oxygen atoms in total. The van der Waals surface area contributed by atoms with Crippen LogP contribution in [0, 0.1) is 0 Å². The van der Waals surface area contributed by atoms with Gasteiger partial charge in [-0.1, -0.05) is 13.3 Å². The second-order valence-electron chi connectivity index (χ2n) is 1.78. The topological polar surface area (TPSA) is 26.3 Å². The molecule has 0 rings (SSSR count). The highest BCUT2D eigenvalue weighted by Gasteiger charge is 2.12. The summed E-state index contributed by atoms with van der Waals surface area (Å²) < 4.78 is 4.39. The van der Waals surface area contributed by atoms with Crippen molar-refractivity contribution in [2.45, 2.75) is 25.1 Å². The lowest BCUT2D eigenvalue weighted by Crippen LogP contribution is -2.15. The molecule has 1 unspecified atom stereocenters. The largest absolute Gasteiger partial charge is 0.468 e. The molecule has 0 bridgehead atoms. The zero-order valence-corrected chi connectivity index (χ0v) is 6.44. The van der Waals surface area contributed by atoms with E-state index in [1.807, 2.05) is 6.92 Å². The molecule has 9 heavy (non-hydrogen) atoms. The monoisotopic (exact) mass is 150 g/mol. The van der Waals surface area contributed by atoms with Gasteiger partial charge in [0.2, 0.25) is 0 Å². The SMILES string of the molecule is CCCC(Cl)C(=O)OC. The summed E-state index contributed by atoms with van der Waals surface area (Å²) in [5.41, 5.74) is 0. The third kappa shape index (κ3) is 3.36. The summed E-state index contributed by atoms with van der Waals surface area (Å²) in [5, 5.41) is -0.458. The maximum absolute atomic E-state index is 10.5. The van der Waals surface area contributed by atoms with Gasteiger partial charge in [0.05, 0.1) is 7.11 Å². The zero-order valence-electron chi connectivity index (χ0n) is 5.69. The second kappa shape index (κ2) is 4.62. The number of carbonyl (C=O) groups is 1. The number of hydrogen-bond acceptors (Lipinski definition) is 2. The summed E-state index contributed by atoms with van der Waals surface area (Å²) in [5.74, 6) is -0.335. The third-order valence-corrected chi connectivity index (χ3v) is 1.40. The number of esters is 1. The Bertz CT molecular complexity index is 93.1. The molecule has 0 heterocycles. The predicted octanol–water partition coefficient (Wildman–Crippen LogP) is 1.57. The van der Waals surface area contributed by atoms with Gasteiger partial charge in [-0.05, 0) is 6.42 Å². The average Bonchev–Trinajstić information content (AvgIpc) is 1.87. The molecule has 0 aliphatic heterocycles. The van der Waals surface area contributed by atoms with Crippen molar-refractivity contribution in [3.05, 3.63) is 0 Å². The third-order valence-electron chi connectivity index (χ3n) is 0.999. The van der Waals surface area contributed by atoms with Crippen LogP contribution in [-0.4, -0.2) is 18.5 Å². The minimum atomic E-state index is -0.458. The van der Waals surface area contributed by atoms with Gasteiger partial charge in [0.25, 0.3) is 0 Å². The number of methoxy groups -OCH3 is 1. The summed E-state index contributed by atoms with van der Waals surface area (Å²) >= 11 is 5.56. The maximum Gasteiger partial charge on any atom is 0.323 e. The average molecular weight is 151 g/mol. The van der Waals surface area contributed by atoms with E-state index in [0.717, 1.165) is 6.42 Å². The first-order valence-electron chi connectivity index (χ1n) is 2.94. The van der Waals surface area contributed by atoms with E-state index in [2.05, 4.69) is 4.74 Å². The van der Waals surface area contributed by atoms with E-state index in [-0.39, 0.29) is 5.97 Å². The number of carbonyl (C=O) groups excluding carboxylic acids is 1. The summed E-state index contributed by atoms with van der Waals surface area (Å²) in [6.07, 6.45) is 1.59. The van der Waals surface area contributed by atoms with Crippen LogP contribution >= 0.6 is 11.6 Å². The second-order valence-corrected chi connectivity index (χ2v) is 2.31. The number of rotatable bonds is 3. The first kappa shape index (κ1) is 8.76. The standard InChI is InChI=1S/C6H11ClO2/c1-3-4-5(7)6(8)9-2/h5H,3-4H2,1-2H3. The lowest BCUT2D eigenvalue weighted by molar-refractivity contribution is -0.140.